The second-order valence-electron chi connectivity index (χ2n) is 5.34. The fourth-order valence-corrected chi connectivity index (χ4v) is 2.74. The standard InChI is InChI=1S/C16H17N3O2/c1-18-11-19(9-12-3-2-6-17-8-12)10-14-7-13(16(20)21)4-5-15(14)18/h2-8H,9-11H2,1H3,(H,20,21). The zero-order valence-corrected chi connectivity index (χ0v) is 11.9. The van der Waals surface area contributed by atoms with Crippen molar-refractivity contribution < 1.29 is 9.90 Å². The number of carboxylic acids is 1. The van der Waals surface area contributed by atoms with Crippen molar-refractivity contribution in [3.8, 4) is 0 Å². The van der Waals surface area contributed by atoms with Gasteiger partial charge >= 0.3 is 5.97 Å². The summed E-state index contributed by atoms with van der Waals surface area (Å²) in [5, 5.41) is 9.12. The Morgan fingerprint density at radius 1 is 1.38 bits per heavy atom. The van der Waals surface area contributed by atoms with Crippen molar-refractivity contribution in [3.05, 3.63) is 59.4 Å². The van der Waals surface area contributed by atoms with E-state index in [0.717, 1.165) is 36.6 Å². The number of rotatable bonds is 3. The Hall–Kier alpha value is -2.40. The Balaban J connectivity index is 1.83. The van der Waals surface area contributed by atoms with Crippen LogP contribution in [0.15, 0.2) is 42.7 Å². The predicted molar refractivity (Wildman–Crippen MR) is 80.2 cm³/mol. The zero-order valence-electron chi connectivity index (χ0n) is 11.9. The molecule has 1 N–H and O–H groups in total. The topological polar surface area (TPSA) is 56.7 Å². The molecule has 0 unspecified atom stereocenters. The summed E-state index contributed by atoms with van der Waals surface area (Å²) in [5.41, 5.74) is 3.64. The summed E-state index contributed by atoms with van der Waals surface area (Å²) in [4.78, 5) is 19.6. The van der Waals surface area contributed by atoms with Gasteiger partial charge in [0, 0.05) is 38.2 Å². The summed E-state index contributed by atoms with van der Waals surface area (Å²) in [6.07, 6.45) is 3.63. The van der Waals surface area contributed by atoms with Gasteiger partial charge in [0.15, 0.2) is 0 Å². The van der Waals surface area contributed by atoms with Gasteiger partial charge in [-0.05, 0) is 35.4 Å². The van der Waals surface area contributed by atoms with Gasteiger partial charge in [-0.25, -0.2) is 4.79 Å². The minimum Gasteiger partial charge on any atom is -0.478 e. The lowest BCUT2D eigenvalue weighted by molar-refractivity contribution is 0.0696. The fourth-order valence-electron chi connectivity index (χ4n) is 2.74. The number of anilines is 1. The van der Waals surface area contributed by atoms with Crippen LogP contribution in [0.4, 0.5) is 5.69 Å². The molecule has 0 saturated carbocycles. The quantitative estimate of drug-likeness (QED) is 0.935. The maximum atomic E-state index is 11.1. The Kier molecular flexibility index (Phi) is 3.58. The molecule has 5 nitrogen and oxygen atoms in total. The highest BCUT2D eigenvalue weighted by Crippen LogP contribution is 2.28. The number of hydrogen-bond acceptors (Lipinski definition) is 4. The molecule has 2 heterocycles. The molecule has 0 bridgehead atoms. The van der Waals surface area contributed by atoms with Gasteiger partial charge < -0.3 is 10.0 Å². The van der Waals surface area contributed by atoms with E-state index in [1.54, 1.807) is 18.3 Å². The molecule has 1 aromatic heterocycles. The minimum atomic E-state index is -0.884. The highest BCUT2D eigenvalue weighted by molar-refractivity contribution is 5.88. The van der Waals surface area contributed by atoms with Gasteiger partial charge in [-0.15, -0.1) is 0 Å². The number of carbonyl (C=O) groups is 1. The van der Waals surface area contributed by atoms with E-state index in [2.05, 4.69) is 20.9 Å². The molecule has 108 valence electrons. The predicted octanol–water partition coefficient (Wildman–Crippen LogP) is 2.19. The maximum Gasteiger partial charge on any atom is 0.335 e. The molecule has 1 aliphatic heterocycles. The van der Waals surface area contributed by atoms with Gasteiger partial charge in [0.1, 0.15) is 0 Å². The largest absolute Gasteiger partial charge is 0.478 e. The monoisotopic (exact) mass is 283 g/mol. The number of benzene rings is 1. The van der Waals surface area contributed by atoms with Crippen molar-refractivity contribution in [1.82, 2.24) is 9.88 Å². The normalized spacial score (nSPS) is 14.8. The minimum absolute atomic E-state index is 0.338. The molecule has 0 radical (unpaired) electrons. The van der Waals surface area contributed by atoms with Crippen LogP contribution < -0.4 is 4.90 Å². The molecule has 21 heavy (non-hydrogen) atoms. The Bertz CT molecular complexity index is 658. The van der Waals surface area contributed by atoms with Gasteiger partial charge in [-0.1, -0.05) is 6.07 Å². The van der Waals surface area contributed by atoms with E-state index in [9.17, 15) is 4.79 Å². The third-order valence-corrected chi connectivity index (χ3v) is 3.67. The number of carboxylic acid groups (broad SMARTS) is 1. The molecule has 1 aliphatic rings. The summed E-state index contributed by atoms with van der Waals surface area (Å²) in [6, 6.07) is 9.30. The van der Waals surface area contributed by atoms with Gasteiger partial charge in [0.05, 0.1) is 12.2 Å². The highest BCUT2D eigenvalue weighted by atomic mass is 16.4. The van der Waals surface area contributed by atoms with E-state index in [0.29, 0.717) is 5.56 Å². The lowest BCUT2D eigenvalue weighted by atomic mass is 10.1. The Morgan fingerprint density at radius 2 is 2.24 bits per heavy atom. The first kappa shape index (κ1) is 13.6. The van der Waals surface area contributed by atoms with Gasteiger partial charge in [0.2, 0.25) is 0 Å². The average molecular weight is 283 g/mol. The summed E-state index contributed by atoms with van der Waals surface area (Å²) >= 11 is 0. The van der Waals surface area contributed by atoms with Gasteiger partial charge in [-0.3, -0.25) is 9.88 Å². The van der Waals surface area contributed by atoms with Crippen molar-refractivity contribution in [2.45, 2.75) is 13.1 Å². The van der Waals surface area contributed by atoms with Crippen molar-refractivity contribution in [2.75, 3.05) is 18.6 Å². The lowest BCUT2D eigenvalue weighted by Crippen LogP contribution is -2.39. The van der Waals surface area contributed by atoms with Gasteiger partial charge in [-0.2, -0.15) is 0 Å². The number of aromatic carboxylic acids is 1. The van der Waals surface area contributed by atoms with Crippen molar-refractivity contribution in [2.24, 2.45) is 0 Å². The number of pyridine rings is 1. The molecule has 0 spiro atoms. The highest BCUT2D eigenvalue weighted by Gasteiger charge is 2.21. The second-order valence-corrected chi connectivity index (χ2v) is 5.34. The molecule has 1 aromatic carbocycles. The summed E-state index contributed by atoms with van der Waals surface area (Å²) in [6.45, 7) is 2.36. The van der Waals surface area contributed by atoms with Crippen LogP contribution in [0.1, 0.15) is 21.5 Å². The first-order chi connectivity index (χ1) is 10.1. The first-order valence-corrected chi connectivity index (χ1v) is 6.82. The van der Waals surface area contributed by atoms with E-state index >= 15 is 0 Å². The number of fused-ring (bicyclic) bond motifs is 1. The van der Waals surface area contributed by atoms with E-state index in [-0.39, 0.29) is 0 Å². The van der Waals surface area contributed by atoms with Crippen LogP contribution in [0.2, 0.25) is 0 Å². The molecule has 0 saturated heterocycles. The molecular weight excluding hydrogens is 266 g/mol. The zero-order chi connectivity index (χ0) is 14.8. The molecule has 0 atom stereocenters. The molecular formula is C16H17N3O2. The molecule has 2 aromatic rings. The van der Waals surface area contributed by atoms with Gasteiger partial charge in [0.25, 0.3) is 0 Å². The molecule has 5 heteroatoms. The Labute approximate surface area is 123 Å². The van der Waals surface area contributed by atoms with Crippen LogP contribution >= 0.6 is 0 Å². The van der Waals surface area contributed by atoms with Crippen LogP contribution in [-0.4, -0.2) is 34.7 Å². The third-order valence-electron chi connectivity index (χ3n) is 3.67. The molecule has 3 rings (SSSR count). The van der Waals surface area contributed by atoms with Crippen LogP contribution in [0, 0.1) is 0 Å². The first-order valence-electron chi connectivity index (χ1n) is 6.82. The van der Waals surface area contributed by atoms with E-state index in [1.807, 2.05) is 25.4 Å². The van der Waals surface area contributed by atoms with Crippen LogP contribution in [0.5, 0.6) is 0 Å². The van der Waals surface area contributed by atoms with Crippen LogP contribution in [0.25, 0.3) is 0 Å². The lowest BCUT2D eigenvalue weighted by Gasteiger charge is -2.36. The van der Waals surface area contributed by atoms with E-state index < -0.39 is 5.97 Å². The summed E-state index contributed by atoms with van der Waals surface area (Å²) in [7, 11) is 2.02. The third kappa shape index (κ3) is 2.87. The fraction of sp³-hybridized carbons (Fsp3) is 0.250. The summed E-state index contributed by atoms with van der Waals surface area (Å²) in [5.74, 6) is -0.884. The second kappa shape index (κ2) is 5.54. The number of nitrogens with zero attached hydrogens (tertiary/aromatic N) is 3. The average Bonchev–Trinajstić information content (AvgIpc) is 2.47. The summed E-state index contributed by atoms with van der Waals surface area (Å²) < 4.78 is 0. The van der Waals surface area contributed by atoms with Crippen molar-refractivity contribution in [1.29, 1.82) is 0 Å². The molecule has 0 aliphatic carbocycles. The van der Waals surface area contributed by atoms with E-state index in [1.165, 1.54) is 0 Å². The van der Waals surface area contributed by atoms with Crippen LogP contribution in [-0.2, 0) is 13.1 Å². The van der Waals surface area contributed by atoms with Crippen molar-refractivity contribution >= 4 is 11.7 Å². The Morgan fingerprint density at radius 3 is 2.95 bits per heavy atom. The van der Waals surface area contributed by atoms with Crippen LogP contribution in [0.3, 0.4) is 0 Å². The number of aromatic nitrogens is 1. The molecule has 0 fully saturated rings. The van der Waals surface area contributed by atoms with E-state index in [4.69, 9.17) is 5.11 Å². The SMILES string of the molecule is CN1CN(Cc2cccnc2)Cc2cc(C(=O)O)ccc21. The molecule has 0 amide bonds. The van der Waals surface area contributed by atoms with Crippen molar-refractivity contribution in [3.63, 3.8) is 0 Å². The smallest absolute Gasteiger partial charge is 0.335 e. The number of hydrogen-bond donors (Lipinski definition) is 1. The maximum absolute atomic E-state index is 11.1.